The number of carbonyl (C=O) groups is 1. The third-order valence-electron chi connectivity index (χ3n) is 3.78. The second-order valence-corrected chi connectivity index (χ2v) is 6.11. The van der Waals surface area contributed by atoms with Crippen molar-refractivity contribution in [3.8, 4) is 0 Å². The van der Waals surface area contributed by atoms with Crippen molar-refractivity contribution in [1.82, 2.24) is 0 Å². The maximum atomic E-state index is 12.4. The second kappa shape index (κ2) is 6.59. The van der Waals surface area contributed by atoms with Gasteiger partial charge in [0.1, 0.15) is 0 Å². The van der Waals surface area contributed by atoms with Gasteiger partial charge in [0.15, 0.2) is 0 Å². The van der Waals surface area contributed by atoms with Crippen LogP contribution in [0.1, 0.15) is 23.2 Å². The fourth-order valence-corrected chi connectivity index (χ4v) is 2.94. The lowest BCUT2D eigenvalue weighted by Gasteiger charge is -2.21. The highest BCUT2D eigenvalue weighted by Crippen LogP contribution is 2.29. The summed E-state index contributed by atoms with van der Waals surface area (Å²) in [4.78, 5) is 14.7. The molecule has 0 saturated carbocycles. The largest absolute Gasteiger partial charge is 0.370 e. The van der Waals surface area contributed by atoms with Crippen LogP contribution in [0.15, 0.2) is 42.5 Å². The fraction of sp³-hybridized carbons (Fsp3) is 0.235. The van der Waals surface area contributed by atoms with Gasteiger partial charge < -0.3 is 10.2 Å². The molecule has 0 aromatic heterocycles. The number of hydrogen-bond acceptors (Lipinski definition) is 2. The second-order valence-electron chi connectivity index (χ2n) is 5.29. The Kier molecular flexibility index (Phi) is 4.55. The molecule has 0 atom stereocenters. The maximum Gasteiger partial charge on any atom is 0.255 e. The Morgan fingerprint density at radius 2 is 1.73 bits per heavy atom. The van der Waals surface area contributed by atoms with Gasteiger partial charge in [-0.2, -0.15) is 0 Å². The Morgan fingerprint density at radius 1 is 1.00 bits per heavy atom. The Hall–Kier alpha value is -1.71. The number of nitrogens with one attached hydrogen (secondary N) is 1. The molecule has 1 N–H and O–H groups in total. The van der Waals surface area contributed by atoms with Gasteiger partial charge in [-0.15, -0.1) is 0 Å². The molecule has 1 amide bonds. The highest BCUT2D eigenvalue weighted by atomic mass is 35.5. The van der Waals surface area contributed by atoms with Crippen molar-refractivity contribution in [2.45, 2.75) is 12.8 Å². The minimum Gasteiger partial charge on any atom is -0.370 e. The number of hydrogen-bond donors (Lipinski definition) is 1. The summed E-state index contributed by atoms with van der Waals surface area (Å²) in [6, 6.07) is 12.7. The first-order valence-electron chi connectivity index (χ1n) is 7.25. The normalized spacial score (nSPS) is 14.2. The summed E-state index contributed by atoms with van der Waals surface area (Å²) in [5, 5.41) is 3.79. The van der Waals surface area contributed by atoms with E-state index >= 15 is 0 Å². The number of carbonyl (C=O) groups excluding carboxylic acids is 1. The smallest absolute Gasteiger partial charge is 0.255 e. The lowest BCUT2D eigenvalue weighted by atomic mass is 10.2. The van der Waals surface area contributed by atoms with Crippen molar-refractivity contribution in [3.05, 3.63) is 58.1 Å². The van der Waals surface area contributed by atoms with Crippen LogP contribution in [0, 0.1) is 0 Å². The van der Waals surface area contributed by atoms with Crippen molar-refractivity contribution in [3.63, 3.8) is 0 Å². The molecule has 1 aliphatic heterocycles. The first kappa shape index (κ1) is 15.2. The van der Waals surface area contributed by atoms with Crippen LogP contribution < -0.4 is 10.2 Å². The van der Waals surface area contributed by atoms with Crippen LogP contribution in [0.25, 0.3) is 0 Å². The average Bonchev–Trinajstić information content (AvgIpc) is 3.04. The van der Waals surface area contributed by atoms with Gasteiger partial charge in [0.25, 0.3) is 5.91 Å². The van der Waals surface area contributed by atoms with Gasteiger partial charge >= 0.3 is 0 Å². The number of anilines is 2. The zero-order valence-electron chi connectivity index (χ0n) is 12.0. The number of rotatable bonds is 3. The molecule has 1 fully saturated rings. The first-order chi connectivity index (χ1) is 10.6. The van der Waals surface area contributed by atoms with Crippen LogP contribution in [-0.2, 0) is 0 Å². The van der Waals surface area contributed by atoms with E-state index in [0.717, 1.165) is 24.5 Å². The van der Waals surface area contributed by atoms with E-state index in [4.69, 9.17) is 23.2 Å². The van der Waals surface area contributed by atoms with Gasteiger partial charge in [0.2, 0.25) is 0 Å². The summed E-state index contributed by atoms with van der Waals surface area (Å²) < 4.78 is 0. The van der Waals surface area contributed by atoms with E-state index in [9.17, 15) is 4.79 Å². The highest BCUT2D eigenvalue weighted by Gasteiger charge is 2.17. The van der Waals surface area contributed by atoms with E-state index in [2.05, 4.69) is 10.2 Å². The molecular weight excluding hydrogens is 319 g/mol. The standard InChI is InChI=1S/C17H16Cl2N2O/c18-13-8-7-12(11-14(13)19)17(22)20-15-5-1-2-6-16(15)21-9-3-4-10-21/h1-2,5-8,11H,3-4,9-10H2,(H,20,22). The molecule has 3 rings (SSSR count). The van der Waals surface area contributed by atoms with E-state index in [1.165, 1.54) is 12.8 Å². The predicted molar refractivity (Wildman–Crippen MR) is 92.3 cm³/mol. The molecule has 22 heavy (non-hydrogen) atoms. The minimum absolute atomic E-state index is 0.190. The number of nitrogens with zero attached hydrogens (tertiary/aromatic N) is 1. The summed E-state index contributed by atoms with van der Waals surface area (Å²) in [5.41, 5.74) is 2.37. The molecule has 5 heteroatoms. The summed E-state index contributed by atoms with van der Waals surface area (Å²) in [6.07, 6.45) is 2.38. The van der Waals surface area contributed by atoms with Gasteiger partial charge in [-0.3, -0.25) is 4.79 Å². The molecule has 0 unspecified atom stereocenters. The van der Waals surface area contributed by atoms with Crippen LogP contribution in [0.3, 0.4) is 0 Å². The van der Waals surface area contributed by atoms with Crippen molar-refractivity contribution >= 4 is 40.5 Å². The molecule has 0 spiro atoms. The monoisotopic (exact) mass is 334 g/mol. The number of benzene rings is 2. The molecule has 2 aromatic rings. The van der Waals surface area contributed by atoms with Crippen LogP contribution in [0.4, 0.5) is 11.4 Å². The predicted octanol–water partition coefficient (Wildman–Crippen LogP) is 4.85. The lowest BCUT2D eigenvalue weighted by Crippen LogP contribution is -2.21. The summed E-state index contributed by atoms with van der Waals surface area (Å²) >= 11 is 11.9. The first-order valence-corrected chi connectivity index (χ1v) is 8.01. The zero-order chi connectivity index (χ0) is 15.5. The Balaban J connectivity index is 1.83. The van der Waals surface area contributed by atoms with E-state index in [-0.39, 0.29) is 5.91 Å². The molecule has 114 valence electrons. The quantitative estimate of drug-likeness (QED) is 0.870. The number of amides is 1. The molecule has 0 aliphatic carbocycles. The molecular formula is C17H16Cl2N2O. The minimum atomic E-state index is -0.190. The van der Waals surface area contributed by atoms with Crippen LogP contribution in [0.2, 0.25) is 10.0 Å². The molecule has 0 radical (unpaired) electrons. The summed E-state index contributed by atoms with van der Waals surface area (Å²) in [5.74, 6) is -0.190. The SMILES string of the molecule is O=C(Nc1ccccc1N1CCCC1)c1ccc(Cl)c(Cl)c1. The van der Waals surface area contributed by atoms with Gasteiger partial charge in [0.05, 0.1) is 21.4 Å². The molecule has 3 nitrogen and oxygen atoms in total. The zero-order valence-corrected chi connectivity index (χ0v) is 13.5. The van der Waals surface area contributed by atoms with Crippen LogP contribution in [-0.4, -0.2) is 19.0 Å². The van der Waals surface area contributed by atoms with Crippen molar-refractivity contribution in [2.24, 2.45) is 0 Å². The lowest BCUT2D eigenvalue weighted by molar-refractivity contribution is 0.102. The Labute approximate surface area is 139 Å². The fourth-order valence-electron chi connectivity index (χ4n) is 2.64. The third-order valence-corrected chi connectivity index (χ3v) is 4.52. The van der Waals surface area contributed by atoms with Gasteiger partial charge in [-0.1, -0.05) is 35.3 Å². The van der Waals surface area contributed by atoms with E-state index in [1.54, 1.807) is 18.2 Å². The molecule has 0 bridgehead atoms. The number of halogens is 2. The van der Waals surface area contributed by atoms with Crippen LogP contribution in [0.5, 0.6) is 0 Å². The van der Waals surface area contributed by atoms with Crippen molar-refractivity contribution in [2.75, 3.05) is 23.3 Å². The topological polar surface area (TPSA) is 32.3 Å². The van der Waals surface area contributed by atoms with Crippen LogP contribution >= 0.6 is 23.2 Å². The molecule has 1 heterocycles. The van der Waals surface area contributed by atoms with Gasteiger partial charge in [-0.25, -0.2) is 0 Å². The van der Waals surface area contributed by atoms with E-state index in [0.29, 0.717) is 15.6 Å². The highest BCUT2D eigenvalue weighted by molar-refractivity contribution is 6.42. The molecule has 1 aliphatic rings. The van der Waals surface area contributed by atoms with Crippen molar-refractivity contribution < 1.29 is 4.79 Å². The third kappa shape index (κ3) is 3.21. The number of para-hydroxylation sites is 2. The van der Waals surface area contributed by atoms with E-state index < -0.39 is 0 Å². The molecule has 2 aromatic carbocycles. The van der Waals surface area contributed by atoms with Gasteiger partial charge in [0, 0.05) is 18.7 Å². The molecule has 1 saturated heterocycles. The van der Waals surface area contributed by atoms with Gasteiger partial charge in [-0.05, 0) is 43.2 Å². The maximum absolute atomic E-state index is 12.4. The van der Waals surface area contributed by atoms with E-state index in [1.807, 2.05) is 24.3 Å². The summed E-state index contributed by atoms with van der Waals surface area (Å²) in [6.45, 7) is 2.05. The Bertz CT molecular complexity index is 697. The Morgan fingerprint density at radius 3 is 2.45 bits per heavy atom. The average molecular weight is 335 g/mol. The summed E-state index contributed by atoms with van der Waals surface area (Å²) in [7, 11) is 0. The van der Waals surface area contributed by atoms with Crippen molar-refractivity contribution in [1.29, 1.82) is 0 Å².